The fourth-order valence-electron chi connectivity index (χ4n) is 2.41. The fourth-order valence-corrected chi connectivity index (χ4v) is 3.00. The number of aliphatic hydroxyl groups excluding tert-OH is 1. The number of halogens is 1. The fraction of sp³-hybridized carbons (Fsp3) is 0.438. The van der Waals surface area contributed by atoms with E-state index in [1.54, 1.807) is 0 Å². The van der Waals surface area contributed by atoms with Crippen LogP contribution in [0.5, 0.6) is 0 Å². The van der Waals surface area contributed by atoms with Crippen molar-refractivity contribution in [3.8, 4) is 5.69 Å². The van der Waals surface area contributed by atoms with Crippen molar-refractivity contribution in [3.63, 3.8) is 0 Å². The molecule has 1 heterocycles. The van der Waals surface area contributed by atoms with Crippen LogP contribution in [0.2, 0.25) is 0 Å². The molecule has 20 heavy (non-hydrogen) atoms. The third-order valence-corrected chi connectivity index (χ3v) is 4.62. The average Bonchev–Trinajstić information content (AvgIpc) is 3.22. The first kappa shape index (κ1) is 13.8. The van der Waals surface area contributed by atoms with Gasteiger partial charge in [0.2, 0.25) is 0 Å². The second-order valence-electron chi connectivity index (χ2n) is 6.15. The van der Waals surface area contributed by atoms with Gasteiger partial charge in [0.1, 0.15) is 0 Å². The van der Waals surface area contributed by atoms with Crippen LogP contribution in [0.4, 0.5) is 0 Å². The molecule has 0 atom stereocenters. The Morgan fingerprint density at radius 2 is 1.95 bits per heavy atom. The SMILES string of the molecule is CC(C)(CO)c1ccc(-n2ncc(Br)c2C2CC2)cc1. The molecule has 0 amide bonds. The number of hydrogen-bond donors (Lipinski definition) is 1. The van der Waals surface area contributed by atoms with Crippen molar-refractivity contribution >= 4 is 15.9 Å². The van der Waals surface area contributed by atoms with E-state index < -0.39 is 0 Å². The topological polar surface area (TPSA) is 38.0 Å². The zero-order chi connectivity index (χ0) is 14.3. The molecule has 2 aromatic rings. The van der Waals surface area contributed by atoms with Crippen LogP contribution in [0, 0.1) is 0 Å². The highest BCUT2D eigenvalue weighted by Gasteiger charge is 2.30. The molecule has 3 nitrogen and oxygen atoms in total. The van der Waals surface area contributed by atoms with Gasteiger partial charge in [0.15, 0.2) is 0 Å². The minimum absolute atomic E-state index is 0.146. The number of rotatable bonds is 4. The standard InChI is InChI=1S/C16H19BrN2O/c1-16(2,10-20)12-5-7-13(8-6-12)19-15(11-3-4-11)14(17)9-18-19/h5-9,11,20H,3-4,10H2,1-2H3. The monoisotopic (exact) mass is 334 g/mol. The molecule has 1 aliphatic rings. The summed E-state index contributed by atoms with van der Waals surface area (Å²) < 4.78 is 3.12. The third kappa shape index (κ3) is 2.42. The van der Waals surface area contributed by atoms with Gasteiger partial charge in [-0.15, -0.1) is 0 Å². The van der Waals surface area contributed by atoms with Crippen molar-refractivity contribution < 1.29 is 5.11 Å². The molecule has 1 fully saturated rings. The number of aromatic nitrogens is 2. The molecular formula is C16H19BrN2O. The molecule has 1 aromatic carbocycles. The Morgan fingerprint density at radius 3 is 2.50 bits per heavy atom. The number of benzene rings is 1. The average molecular weight is 335 g/mol. The van der Waals surface area contributed by atoms with E-state index in [1.165, 1.54) is 18.5 Å². The van der Waals surface area contributed by atoms with Gasteiger partial charge in [0.25, 0.3) is 0 Å². The zero-order valence-corrected chi connectivity index (χ0v) is 13.4. The molecule has 1 aromatic heterocycles. The van der Waals surface area contributed by atoms with E-state index in [0.29, 0.717) is 5.92 Å². The van der Waals surface area contributed by atoms with Gasteiger partial charge in [-0.2, -0.15) is 5.10 Å². The van der Waals surface area contributed by atoms with Gasteiger partial charge in [-0.3, -0.25) is 0 Å². The van der Waals surface area contributed by atoms with Gasteiger partial charge in [-0.25, -0.2) is 4.68 Å². The number of hydrogen-bond acceptors (Lipinski definition) is 2. The lowest BCUT2D eigenvalue weighted by Gasteiger charge is -2.22. The quantitative estimate of drug-likeness (QED) is 0.923. The van der Waals surface area contributed by atoms with Gasteiger partial charge in [-0.05, 0) is 46.5 Å². The first-order valence-corrected chi connectivity index (χ1v) is 7.77. The Morgan fingerprint density at radius 1 is 1.30 bits per heavy atom. The van der Waals surface area contributed by atoms with Crippen molar-refractivity contribution in [1.29, 1.82) is 0 Å². The van der Waals surface area contributed by atoms with E-state index in [-0.39, 0.29) is 12.0 Å². The maximum absolute atomic E-state index is 9.44. The van der Waals surface area contributed by atoms with E-state index >= 15 is 0 Å². The van der Waals surface area contributed by atoms with Crippen molar-refractivity contribution in [1.82, 2.24) is 9.78 Å². The van der Waals surface area contributed by atoms with E-state index in [2.05, 4.69) is 45.3 Å². The van der Waals surface area contributed by atoms with Gasteiger partial charge in [0, 0.05) is 11.3 Å². The van der Waals surface area contributed by atoms with E-state index in [0.717, 1.165) is 15.7 Å². The lowest BCUT2D eigenvalue weighted by Crippen LogP contribution is -2.21. The van der Waals surface area contributed by atoms with E-state index in [1.807, 2.05) is 24.7 Å². The minimum atomic E-state index is -0.206. The summed E-state index contributed by atoms with van der Waals surface area (Å²) in [6, 6.07) is 8.33. The van der Waals surface area contributed by atoms with Gasteiger partial charge in [-0.1, -0.05) is 26.0 Å². The van der Waals surface area contributed by atoms with Crippen LogP contribution in [-0.2, 0) is 5.41 Å². The van der Waals surface area contributed by atoms with Crippen LogP contribution in [-0.4, -0.2) is 21.5 Å². The Balaban J connectivity index is 1.96. The second-order valence-corrected chi connectivity index (χ2v) is 7.01. The molecule has 0 radical (unpaired) electrons. The van der Waals surface area contributed by atoms with Crippen molar-refractivity contribution in [3.05, 3.63) is 46.2 Å². The Hall–Kier alpha value is -1.13. The summed E-state index contributed by atoms with van der Waals surface area (Å²) >= 11 is 3.60. The molecular weight excluding hydrogens is 316 g/mol. The molecule has 0 unspecified atom stereocenters. The molecule has 0 bridgehead atoms. The summed E-state index contributed by atoms with van der Waals surface area (Å²) in [6.45, 7) is 4.23. The minimum Gasteiger partial charge on any atom is -0.395 e. The summed E-state index contributed by atoms with van der Waals surface area (Å²) in [5.74, 6) is 0.639. The summed E-state index contributed by atoms with van der Waals surface area (Å²) in [4.78, 5) is 0. The smallest absolute Gasteiger partial charge is 0.0649 e. The lowest BCUT2D eigenvalue weighted by molar-refractivity contribution is 0.218. The summed E-state index contributed by atoms with van der Waals surface area (Å²) in [5.41, 5.74) is 3.29. The Kier molecular flexibility index (Phi) is 3.46. The third-order valence-electron chi connectivity index (χ3n) is 4.01. The van der Waals surface area contributed by atoms with E-state index in [9.17, 15) is 5.11 Å². The Bertz CT molecular complexity index is 612. The first-order chi connectivity index (χ1) is 9.53. The van der Waals surface area contributed by atoms with Crippen LogP contribution in [0.25, 0.3) is 5.69 Å². The maximum atomic E-state index is 9.44. The Labute approximate surface area is 127 Å². The highest BCUT2D eigenvalue weighted by Crippen LogP contribution is 2.44. The molecule has 3 rings (SSSR count). The zero-order valence-electron chi connectivity index (χ0n) is 11.8. The van der Waals surface area contributed by atoms with Gasteiger partial charge >= 0.3 is 0 Å². The summed E-state index contributed by atoms with van der Waals surface area (Å²) in [5, 5.41) is 13.9. The molecule has 1 saturated carbocycles. The molecule has 1 N–H and O–H groups in total. The maximum Gasteiger partial charge on any atom is 0.0649 e. The highest BCUT2D eigenvalue weighted by molar-refractivity contribution is 9.10. The summed E-state index contributed by atoms with van der Waals surface area (Å²) in [7, 11) is 0. The van der Waals surface area contributed by atoms with Crippen LogP contribution in [0.3, 0.4) is 0 Å². The molecule has 0 aliphatic heterocycles. The van der Waals surface area contributed by atoms with Crippen molar-refractivity contribution in [2.24, 2.45) is 0 Å². The normalized spacial score (nSPS) is 15.6. The van der Waals surface area contributed by atoms with Gasteiger partial charge < -0.3 is 5.11 Å². The predicted octanol–water partition coefficient (Wildman–Crippen LogP) is 3.78. The van der Waals surface area contributed by atoms with Crippen LogP contribution in [0.1, 0.15) is 43.9 Å². The van der Waals surface area contributed by atoms with Crippen molar-refractivity contribution in [2.45, 2.75) is 38.0 Å². The van der Waals surface area contributed by atoms with Crippen molar-refractivity contribution in [2.75, 3.05) is 6.61 Å². The first-order valence-electron chi connectivity index (χ1n) is 6.98. The lowest BCUT2D eigenvalue weighted by atomic mass is 9.85. The molecule has 1 aliphatic carbocycles. The predicted molar refractivity (Wildman–Crippen MR) is 83.4 cm³/mol. The molecule has 4 heteroatoms. The molecule has 0 saturated heterocycles. The van der Waals surface area contributed by atoms with E-state index in [4.69, 9.17) is 0 Å². The van der Waals surface area contributed by atoms with Gasteiger partial charge in [0.05, 0.1) is 28.7 Å². The van der Waals surface area contributed by atoms with Crippen LogP contribution in [0.15, 0.2) is 34.9 Å². The molecule has 0 spiro atoms. The number of aliphatic hydroxyl groups is 1. The summed E-state index contributed by atoms with van der Waals surface area (Å²) in [6.07, 6.45) is 4.37. The molecule has 106 valence electrons. The number of nitrogens with zero attached hydrogens (tertiary/aromatic N) is 2. The largest absolute Gasteiger partial charge is 0.395 e. The second kappa shape index (κ2) is 5.01. The van der Waals surface area contributed by atoms with Crippen LogP contribution < -0.4 is 0 Å². The highest BCUT2D eigenvalue weighted by atomic mass is 79.9. The van der Waals surface area contributed by atoms with Crippen LogP contribution >= 0.6 is 15.9 Å².